The molecule has 7 heteroatoms. The first-order chi connectivity index (χ1) is 18.3. The summed E-state index contributed by atoms with van der Waals surface area (Å²) >= 11 is 1.32. The number of imidazole rings is 1. The van der Waals surface area contributed by atoms with Crippen molar-refractivity contribution in [3.05, 3.63) is 72.1 Å². The molecule has 1 amide bonds. The SMILES string of the molecule is CCCCCn1cc(C(=O)N2CCC(Cc3ccccc3)CC2)nc1-c1ccc(SC(C)(C)C(=O)O)cc1. The molecule has 38 heavy (non-hydrogen) atoms. The summed E-state index contributed by atoms with van der Waals surface area (Å²) in [5.41, 5.74) is 2.80. The smallest absolute Gasteiger partial charge is 0.319 e. The van der Waals surface area contributed by atoms with Crippen molar-refractivity contribution >= 4 is 23.6 Å². The lowest BCUT2D eigenvalue weighted by Gasteiger charge is -2.31. The fourth-order valence-corrected chi connectivity index (χ4v) is 5.86. The molecule has 3 aromatic rings. The minimum absolute atomic E-state index is 0.00837. The number of carbonyl (C=O) groups is 2. The van der Waals surface area contributed by atoms with Gasteiger partial charge in [0.2, 0.25) is 0 Å². The molecule has 1 saturated heterocycles. The van der Waals surface area contributed by atoms with E-state index < -0.39 is 10.7 Å². The molecule has 1 aliphatic heterocycles. The van der Waals surface area contributed by atoms with E-state index in [4.69, 9.17) is 4.98 Å². The summed E-state index contributed by atoms with van der Waals surface area (Å²) in [6.07, 6.45) is 8.28. The first kappa shape index (κ1) is 28.0. The predicted molar refractivity (Wildman–Crippen MR) is 154 cm³/mol. The van der Waals surface area contributed by atoms with Crippen LogP contribution in [0.15, 0.2) is 65.7 Å². The van der Waals surface area contributed by atoms with E-state index in [1.165, 1.54) is 17.3 Å². The number of unbranched alkanes of at least 4 members (excludes halogenated alkanes) is 2. The summed E-state index contributed by atoms with van der Waals surface area (Å²) in [7, 11) is 0. The number of aromatic nitrogens is 2. The van der Waals surface area contributed by atoms with Crippen LogP contribution in [0, 0.1) is 5.92 Å². The van der Waals surface area contributed by atoms with Crippen molar-refractivity contribution in [1.82, 2.24) is 14.5 Å². The largest absolute Gasteiger partial charge is 0.480 e. The van der Waals surface area contributed by atoms with Crippen LogP contribution in [0.3, 0.4) is 0 Å². The van der Waals surface area contributed by atoms with Gasteiger partial charge < -0.3 is 14.6 Å². The summed E-state index contributed by atoms with van der Waals surface area (Å²) < 4.78 is 1.20. The third kappa shape index (κ3) is 7.07. The number of thioether (sulfide) groups is 1. The average Bonchev–Trinajstić information content (AvgIpc) is 3.34. The van der Waals surface area contributed by atoms with Crippen molar-refractivity contribution in [2.24, 2.45) is 5.92 Å². The molecule has 0 radical (unpaired) electrons. The highest BCUT2D eigenvalue weighted by Crippen LogP contribution is 2.34. The summed E-state index contributed by atoms with van der Waals surface area (Å²) in [5, 5.41) is 9.45. The van der Waals surface area contributed by atoms with E-state index in [1.807, 2.05) is 41.4 Å². The topological polar surface area (TPSA) is 75.4 Å². The van der Waals surface area contributed by atoms with E-state index in [-0.39, 0.29) is 5.91 Å². The molecule has 202 valence electrons. The molecule has 0 unspecified atom stereocenters. The van der Waals surface area contributed by atoms with Gasteiger partial charge in [0.15, 0.2) is 0 Å². The van der Waals surface area contributed by atoms with E-state index in [9.17, 15) is 14.7 Å². The van der Waals surface area contributed by atoms with E-state index in [1.54, 1.807) is 13.8 Å². The highest BCUT2D eigenvalue weighted by molar-refractivity contribution is 8.01. The predicted octanol–water partition coefficient (Wildman–Crippen LogP) is 6.79. The van der Waals surface area contributed by atoms with Crippen LogP contribution in [0.25, 0.3) is 11.4 Å². The Balaban J connectivity index is 1.46. The molecule has 0 aliphatic carbocycles. The van der Waals surface area contributed by atoms with Crippen LogP contribution in [0.4, 0.5) is 0 Å². The molecule has 0 spiro atoms. The van der Waals surface area contributed by atoms with Gasteiger partial charge in [0.1, 0.15) is 16.3 Å². The van der Waals surface area contributed by atoms with Gasteiger partial charge in [-0.25, -0.2) is 4.98 Å². The zero-order chi connectivity index (χ0) is 27.1. The van der Waals surface area contributed by atoms with E-state index in [0.717, 1.165) is 74.4 Å². The number of likely N-dealkylation sites (tertiary alicyclic amines) is 1. The van der Waals surface area contributed by atoms with Gasteiger partial charge in [-0.3, -0.25) is 9.59 Å². The lowest BCUT2D eigenvalue weighted by molar-refractivity contribution is -0.138. The normalized spacial score (nSPS) is 14.6. The van der Waals surface area contributed by atoms with Gasteiger partial charge in [-0.2, -0.15) is 0 Å². The van der Waals surface area contributed by atoms with Crippen LogP contribution in [-0.2, 0) is 17.8 Å². The first-order valence-electron chi connectivity index (χ1n) is 13.7. The Bertz CT molecular complexity index is 1210. The van der Waals surface area contributed by atoms with Crippen LogP contribution < -0.4 is 0 Å². The van der Waals surface area contributed by atoms with Crippen molar-refractivity contribution in [3.63, 3.8) is 0 Å². The van der Waals surface area contributed by atoms with Crippen LogP contribution in [0.5, 0.6) is 0 Å². The fourth-order valence-electron chi connectivity index (χ4n) is 4.91. The highest BCUT2D eigenvalue weighted by Gasteiger charge is 2.29. The third-order valence-electron chi connectivity index (χ3n) is 7.27. The molecule has 1 fully saturated rings. The Labute approximate surface area is 230 Å². The van der Waals surface area contributed by atoms with Gasteiger partial charge in [0.05, 0.1) is 0 Å². The second-order valence-electron chi connectivity index (χ2n) is 10.7. The van der Waals surface area contributed by atoms with Crippen LogP contribution in [-0.4, -0.2) is 49.3 Å². The quantitative estimate of drug-likeness (QED) is 0.217. The number of aliphatic carboxylic acids is 1. The maximum absolute atomic E-state index is 13.5. The van der Waals surface area contributed by atoms with Crippen LogP contribution in [0.2, 0.25) is 0 Å². The third-order valence-corrected chi connectivity index (χ3v) is 8.46. The van der Waals surface area contributed by atoms with Gasteiger partial charge in [0.25, 0.3) is 5.91 Å². The minimum Gasteiger partial charge on any atom is -0.480 e. The Morgan fingerprint density at radius 1 is 1.03 bits per heavy atom. The van der Waals surface area contributed by atoms with Gasteiger partial charge in [-0.05, 0) is 63.1 Å². The molecule has 6 nitrogen and oxygen atoms in total. The van der Waals surface area contributed by atoms with Crippen molar-refractivity contribution in [2.75, 3.05) is 13.1 Å². The summed E-state index contributed by atoms with van der Waals surface area (Å²) in [4.78, 5) is 32.6. The zero-order valence-corrected chi connectivity index (χ0v) is 23.5. The standard InChI is InChI=1S/C31H39N3O3S/c1-4-5-9-18-34-22-27(29(35)33-19-16-24(17-20-33)21-23-10-7-6-8-11-23)32-28(34)25-12-14-26(15-13-25)38-31(2,3)30(36)37/h6-8,10-15,22,24H,4-5,9,16-21H2,1-3H3,(H,36,37). The second-order valence-corrected chi connectivity index (χ2v) is 12.4. The maximum atomic E-state index is 13.5. The molecule has 2 aromatic carbocycles. The van der Waals surface area contributed by atoms with Gasteiger partial charge in [-0.15, -0.1) is 11.8 Å². The Kier molecular flexibility index (Phi) is 9.31. The summed E-state index contributed by atoms with van der Waals surface area (Å²) in [5.74, 6) is 0.558. The zero-order valence-electron chi connectivity index (χ0n) is 22.7. The fraction of sp³-hybridized carbons (Fsp3) is 0.452. The second kappa shape index (κ2) is 12.7. The van der Waals surface area contributed by atoms with E-state index in [0.29, 0.717) is 11.6 Å². The number of aryl methyl sites for hydroxylation is 1. The number of hydrogen-bond acceptors (Lipinski definition) is 4. The molecular weight excluding hydrogens is 494 g/mol. The molecular formula is C31H39N3O3S. The number of rotatable bonds is 11. The van der Waals surface area contributed by atoms with Crippen molar-refractivity contribution in [1.29, 1.82) is 0 Å². The molecule has 1 aliphatic rings. The highest BCUT2D eigenvalue weighted by atomic mass is 32.2. The monoisotopic (exact) mass is 533 g/mol. The molecule has 0 saturated carbocycles. The number of piperidine rings is 1. The summed E-state index contributed by atoms with van der Waals surface area (Å²) in [6.45, 7) is 7.93. The number of hydrogen-bond donors (Lipinski definition) is 1. The maximum Gasteiger partial charge on any atom is 0.319 e. The van der Waals surface area contributed by atoms with Crippen molar-refractivity contribution in [3.8, 4) is 11.4 Å². The molecule has 4 rings (SSSR count). The molecule has 1 aromatic heterocycles. The average molecular weight is 534 g/mol. The Hall–Kier alpha value is -3.06. The molecule has 0 atom stereocenters. The Morgan fingerprint density at radius 2 is 1.71 bits per heavy atom. The molecule has 0 bridgehead atoms. The minimum atomic E-state index is -0.908. The molecule has 2 heterocycles. The van der Waals surface area contributed by atoms with Crippen LogP contribution in [0.1, 0.15) is 68.9 Å². The van der Waals surface area contributed by atoms with E-state index in [2.05, 4.69) is 35.8 Å². The number of carbonyl (C=O) groups excluding carboxylic acids is 1. The van der Waals surface area contributed by atoms with Gasteiger partial charge in [-0.1, -0.05) is 62.2 Å². The Morgan fingerprint density at radius 3 is 2.34 bits per heavy atom. The van der Waals surface area contributed by atoms with E-state index >= 15 is 0 Å². The van der Waals surface area contributed by atoms with Crippen molar-refractivity contribution in [2.45, 2.75) is 75.5 Å². The number of carboxylic acids is 1. The number of benzene rings is 2. The lowest BCUT2D eigenvalue weighted by atomic mass is 9.90. The van der Waals surface area contributed by atoms with Crippen LogP contribution >= 0.6 is 11.8 Å². The number of amides is 1. The number of nitrogens with zero attached hydrogens (tertiary/aromatic N) is 3. The molecule has 1 N–H and O–H groups in total. The summed E-state index contributed by atoms with van der Waals surface area (Å²) in [6, 6.07) is 18.4. The first-order valence-corrected chi connectivity index (χ1v) is 14.5. The number of carboxylic acid groups (broad SMARTS) is 1. The lowest BCUT2D eigenvalue weighted by Crippen LogP contribution is -2.39. The van der Waals surface area contributed by atoms with Crippen molar-refractivity contribution < 1.29 is 14.7 Å². The van der Waals surface area contributed by atoms with Gasteiger partial charge >= 0.3 is 5.97 Å². The van der Waals surface area contributed by atoms with Gasteiger partial charge in [0, 0.05) is 36.3 Å².